The number of carbonyl (C=O) groups is 1. The number of aromatic nitrogens is 4. The monoisotopic (exact) mass is 398 g/mol. The Bertz CT molecular complexity index is 764. The summed E-state index contributed by atoms with van der Waals surface area (Å²) in [5.74, 6) is 1.11. The van der Waals surface area contributed by atoms with Crippen LogP contribution in [0.3, 0.4) is 0 Å². The van der Waals surface area contributed by atoms with Gasteiger partial charge < -0.3 is 9.80 Å². The van der Waals surface area contributed by atoms with Gasteiger partial charge in [0.1, 0.15) is 0 Å². The van der Waals surface area contributed by atoms with Crippen molar-refractivity contribution in [3.8, 4) is 0 Å². The number of carbonyl (C=O) groups excluding carboxylic acids is 1. The van der Waals surface area contributed by atoms with Crippen LogP contribution in [0.15, 0.2) is 24.3 Å². The van der Waals surface area contributed by atoms with Crippen LogP contribution >= 0.6 is 0 Å². The fourth-order valence-electron chi connectivity index (χ4n) is 3.96. The van der Waals surface area contributed by atoms with Crippen LogP contribution in [0.1, 0.15) is 62.4 Å². The molecule has 0 unspecified atom stereocenters. The summed E-state index contributed by atoms with van der Waals surface area (Å²) < 4.78 is 2.00. The third kappa shape index (κ3) is 6.02. The van der Waals surface area contributed by atoms with Gasteiger partial charge in [-0.15, -0.1) is 5.10 Å². The standard InChI is InChI=1S/C22H34N6O/c1-26(2)19-14-12-18(13-15-19)16-17-27(3)22(29)11-7-10-21-23-24-25-28(21)20-8-5-4-6-9-20/h12-15,20H,4-11,16-17H2,1-3H3. The highest BCUT2D eigenvalue weighted by atomic mass is 16.2. The minimum atomic E-state index is 0.187. The number of likely N-dealkylation sites (N-methyl/N-ethyl adjacent to an activating group) is 1. The lowest BCUT2D eigenvalue weighted by molar-refractivity contribution is -0.129. The molecule has 0 atom stereocenters. The van der Waals surface area contributed by atoms with Gasteiger partial charge in [0.2, 0.25) is 5.91 Å². The zero-order chi connectivity index (χ0) is 20.6. The summed E-state index contributed by atoms with van der Waals surface area (Å²) in [5.41, 5.74) is 2.44. The van der Waals surface area contributed by atoms with Crippen LogP contribution in [0, 0.1) is 0 Å². The Morgan fingerprint density at radius 1 is 1.07 bits per heavy atom. The molecule has 1 fully saturated rings. The maximum Gasteiger partial charge on any atom is 0.222 e. The van der Waals surface area contributed by atoms with Crippen molar-refractivity contribution in [2.24, 2.45) is 0 Å². The molecule has 0 aliphatic heterocycles. The fraction of sp³-hybridized carbons (Fsp3) is 0.636. The van der Waals surface area contributed by atoms with Crippen LogP contribution < -0.4 is 4.90 Å². The summed E-state index contributed by atoms with van der Waals surface area (Å²) in [6.07, 6.45) is 9.10. The van der Waals surface area contributed by atoms with E-state index in [2.05, 4.69) is 44.7 Å². The normalized spacial score (nSPS) is 14.7. The van der Waals surface area contributed by atoms with E-state index >= 15 is 0 Å². The maximum atomic E-state index is 12.5. The number of hydrogen-bond donors (Lipinski definition) is 0. The van der Waals surface area contributed by atoms with Gasteiger partial charge >= 0.3 is 0 Å². The molecule has 7 nitrogen and oxygen atoms in total. The largest absolute Gasteiger partial charge is 0.378 e. The molecule has 0 radical (unpaired) electrons. The van der Waals surface area contributed by atoms with Gasteiger partial charge in [-0.2, -0.15) is 0 Å². The van der Waals surface area contributed by atoms with Crippen LogP contribution in [0.2, 0.25) is 0 Å². The highest BCUT2D eigenvalue weighted by Crippen LogP contribution is 2.28. The Hall–Kier alpha value is -2.44. The SMILES string of the molecule is CN(CCc1ccc(N(C)C)cc1)C(=O)CCCc1nnnn1C1CCCCC1. The summed E-state index contributed by atoms with van der Waals surface area (Å²) in [7, 11) is 5.97. The van der Waals surface area contributed by atoms with E-state index in [4.69, 9.17) is 0 Å². The smallest absolute Gasteiger partial charge is 0.222 e. The van der Waals surface area contributed by atoms with Crippen molar-refractivity contribution in [3.05, 3.63) is 35.7 Å². The Kier molecular flexibility index (Phi) is 7.61. The molecule has 1 heterocycles. The molecule has 1 aromatic carbocycles. The molecule has 1 saturated carbocycles. The molecule has 2 aromatic rings. The minimum absolute atomic E-state index is 0.187. The predicted molar refractivity (Wildman–Crippen MR) is 115 cm³/mol. The molecule has 1 aliphatic rings. The van der Waals surface area contributed by atoms with Crippen molar-refractivity contribution >= 4 is 11.6 Å². The van der Waals surface area contributed by atoms with E-state index in [-0.39, 0.29) is 5.91 Å². The predicted octanol–water partition coefficient (Wildman–Crippen LogP) is 3.27. The molecular formula is C22H34N6O. The Morgan fingerprint density at radius 3 is 2.48 bits per heavy atom. The lowest BCUT2D eigenvalue weighted by atomic mass is 9.95. The summed E-state index contributed by atoms with van der Waals surface area (Å²) in [6, 6.07) is 8.95. The number of nitrogens with zero attached hydrogens (tertiary/aromatic N) is 6. The molecule has 1 aliphatic carbocycles. The van der Waals surface area contributed by atoms with Crippen molar-refractivity contribution in [1.29, 1.82) is 0 Å². The number of tetrazole rings is 1. The zero-order valence-electron chi connectivity index (χ0n) is 18.0. The average Bonchev–Trinajstić information content (AvgIpc) is 3.21. The molecule has 3 rings (SSSR count). The van der Waals surface area contributed by atoms with Crippen molar-refractivity contribution in [2.75, 3.05) is 32.6 Å². The molecule has 0 N–H and O–H groups in total. The first-order valence-corrected chi connectivity index (χ1v) is 10.8. The van der Waals surface area contributed by atoms with E-state index in [1.807, 2.05) is 30.7 Å². The van der Waals surface area contributed by atoms with Crippen molar-refractivity contribution in [2.45, 2.75) is 63.8 Å². The van der Waals surface area contributed by atoms with Gasteiger partial charge in [0.05, 0.1) is 6.04 Å². The Balaban J connectivity index is 1.41. The minimum Gasteiger partial charge on any atom is -0.378 e. The topological polar surface area (TPSA) is 67.2 Å². The van der Waals surface area contributed by atoms with Gasteiger partial charge in [-0.1, -0.05) is 31.4 Å². The van der Waals surface area contributed by atoms with Crippen LogP contribution in [0.5, 0.6) is 0 Å². The first kappa shape index (κ1) is 21.3. The van der Waals surface area contributed by atoms with Gasteiger partial charge in [0.25, 0.3) is 0 Å². The van der Waals surface area contributed by atoms with Gasteiger partial charge in [-0.25, -0.2) is 4.68 Å². The van der Waals surface area contributed by atoms with Crippen LogP contribution in [-0.4, -0.2) is 58.7 Å². The van der Waals surface area contributed by atoms with Gasteiger partial charge in [0.15, 0.2) is 5.82 Å². The second kappa shape index (κ2) is 10.4. The van der Waals surface area contributed by atoms with E-state index < -0.39 is 0 Å². The quantitative estimate of drug-likeness (QED) is 0.648. The summed E-state index contributed by atoms with van der Waals surface area (Å²) in [4.78, 5) is 16.4. The third-order valence-corrected chi connectivity index (χ3v) is 5.89. The van der Waals surface area contributed by atoms with Gasteiger partial charge in [-0.3, -0.25) is 4.79 Å². The molecule has 7 heteroatoms. The first-order valence-electron chi connectivity index (χ1n) is 10.8. The number of amides is 1. The van der Waals surface area contributed by atoms with Crippen LogP contribution in [-0.2, 0) is 17.6 Å². The number of rotatable bonds is 9. The van der Waals surface area contributed by atoms with Gasteiger partial charge in [0, 0.05) is 46.2 Å². The average molecular weight is 399 g/mol. The maximum absolute atomic E-state index is 12.5. The molecule has 1 aromatic heterocycles. The van der Waals surface area contributed by atoms with Gasteiger partial charge in [-0.05, 0) is 53.8 Å². The highest BCUT2D eigenvalue weighted by molar-refractivity contribution is 5.75. The Labute approximate surface area is 174 Å². The molecule has 1 amide bonds. The van der Waals surface area contributed by atoms with E-state index in [0.29, 0.717) is 12.5 Å². The second-order valence-corrected chi connectivity index (χ2v) is 8.31. The highest BCUT2D eigenvalue weighted by Gasteiger charge is 2.20. The molecule has 0 saturated heterocycles. The molecule has 0 spiro atoms. The van der Waals surface area contributed by atoms with E-state index in [0.717, 1.165) is 44.5 Å². The van der Waals surface area contributed by atoms with Crippen molar-refractivity contribution in [1.82, 2.24) is 25.1 Å². The number of aryl methyl sites for hydroxylation is 1. The third-order valence-electron chi connectivity index (χ3n) is 5.89. The van der Waals surface area contributed by atoms with Crippen molar-refractivity contribution in [3.63, 3.8) is 0 Å². The fourth-order valence-corrected chi connectivity index (χ4v) is 3.96. The van der Waals surface area contributed by atoms with Crippen LogP contribution in [0.25, 0.3) is 0 Å². The molecule has 158 valence electrons. The van der Waals surface area contributed by atoms with E-state index in [9.17, 15) is 4.79 Å². The summed E-state index contributed by atoms with van der Waals surface area (Å²) >= 11 is 0. The number of anilines is 1. The van der Waals surface area contributed by atoms with Crippen molar-refractivity contribution < 1.29 is 4.79 Å². The second-order valence-electron chi connectivity index (χ2n) is 8.31. The number of hydrogen-bond acceptors (Lipinski definition) is 5. The lowest BCUT2D eigenvalue weighted by Gasteiger charge is -2.22. The van der Waals surface area contributed by atoms with E-state index in [1.165, 1.54) is 30.5 Å². The first-order chi connectivity index (χ1) is 14.0. The van der Waals surface area contributed by atoms with E-state index in [1.54, 1.807) is 0 Å². The summed E-state index contributed by atoms with van der Waals surface area (Å²) in [5, 5.41) is 12.3. The summed E-state index contributed by atoms with van der Waals surface area (Å²) in [6.45, 7) is 0.736. The lowest BCUT2D eigenvalue weighted by Crippen LogP contribution is -2.28. The molecular weight excluding hydrogens is 364 g/mol. The molecule has 0 bridgehead atoms. The zero-order valence-corrected chi connectivity index (χ0v) is 18.0. The Morgan fingerprint density at radius 2 is 1.79 bits per heavy atom. The molecule has 29 heavy (non-hydrogen) atoms. The van der Waals surface area contributed by atoms with Crippen LogP contribution in [0.4, 0.5) is 5.69 Å². The number of benzene rings is 1.